The largest absolute Gasteiger partial charge is 0.465 e. The fourth-order valence-corrected chi connectivity index (χ4v) is 7.69. The smallest absolute Gasteiger partial charge is 0.313 e. The Kier molecular flexibility index (Phi) is 43.1. The fourth-order valence-electron chi connectivity index (χ4n) is 7.69. The fraction of sp³-hybridized carbons (Fsp3) is 0.880. The number of nitrogens with zero attached hydrogens (tertiary/aromatic N) is 1. The van der Waals surface area contributed by atoms with E-state index in [2.05, 4.69) is 32.3 Å². The quantitative estimate of drug-likeness (QED) is 0.0287. The first kappa shape index (κ1) is 54.3. The Bertz CT molecular complexity index is 876. The molecule has 0 aromatic carbocycles. The van der Waals surface area contributed by atoms with E-state index in [0.29, 0.717) is 6.61 Å². The van der Waals surface area contributed by atoms with Crippen LogP contribution in [0.3, 0.4) is 0 Å². The van der Waals surface area contributed by atoms with Crippen molar-refractivity contribution in [1.29, 1.82) is 0 Å². The Morgan fingerprint density at radius 2 is 0.929 bits per heavy atom. The topological polar surface area (TPSA) is 76.1 Å². The van der Waals surface area contributed by atoms with Gasteiger partial charge in [0.1, 0.15) is 0 Å². The lowest BCUT2D eigenvalue weighted by atomic mass is 9.94. The van der Waals surface area contributed by atoms with E-state index in [9.17, 15) is 9.59 Å². The molecule has 0 aromatic heterocycles. The summed E-state index contributed by atoms with van der Waals surface area (Å²) in [5, 5.41) is 9.17. The van der Waals surface area contributed by atoms with Gasteiger partial charge in [0.2, 0.25) is 0 Å². The summed E-state index contributed by atoms with van der Waals surface area (Å²) in [4.78, 5) is 28.6. The minimum Gasteiger partial charge on any atom is -0.465 e. The van der Waals surface area contributed by atoms with E-state index in [1.807, 2.05) is 12.2 Å². The molecule has 6 heteroatoms. The first-order valence-electron chi connectivity index (χ1n) is 24.5. The maximum Gasteiger partial charge on any atom is 0.313 e. The van der Waals surface area contributed by atoms with Crippen LogP contribution in [-0.2, 0) is 19.1 Å². The number of unbranched alkanes of at least 4 members (excludes halogenated alkanes) is 23. The van der Waals surface area contributed by atoms with Gasteiger partial charge < -0.3 is 19.5 Å². The van der Waals surface area contributed by atoms with E-state index in [1.54, 1.807) is 6.26 Å². The van der Waals surface area contributed by atoms with Crippen LogP contribution >= 0.6 is 0 Å². The van der Waals surface area contributed by atoms with Crippen LogP contribution in [0.4, 0.5) is 0 Å². The predicted octanol–water partition coefficient (Wildman–Crippen LogP) is 14.6. The molecule has 0 aliphatic rings. The molecule has 6 nitrogen and oxygen atoms in total. The van der Waals surface area contributed by atoms with Crippen LogP contribution in [0, 0.1) is 11.8 Å². The molecule has 330 valence electrons. The van der Waals surface area contributed by atoms with Gasteiger partial charge in [-0.15, -0.1) is 6.58 Å². The van der Waals surface area contributed by atoms with Crippen molar-refractivity contribution in [3.8, 4) is 0 Å². The van der Waals surface area contributed by atoms with Gasteiger partial charge in [-0.1, -0.05) is 162 Å². The van der Waals surface area contributed by atoms with Crippen molar-refractivity contribution in [2.45, 2.75) is 239 Å². The number of rotatable bonds is 45. The molecule has 0 bridgehead atoms. The van der Waals surface area contributed by atoms with Gasteiger partial charge in [0.25, 0.3) is 0 Å². The number of esters is 2. The molecule has 0 saturated heterocycles. The standard InChI is InChI=1S/C50H95NO5/c1-5-9-13-17-19-29-39-47(37-27-15-11-7-3)49(53)55-45-35-25-22-32-42-51(41-31-21-24-34-44-52)43-33-23-26-36-46-56-50(54)48(38-28-16-12-8-4)40-30-20-18-14-10-6-2/h5,36,46-48,52H,1,6-35,37-45H2,2-4H3/b46-36+. The highest BCUT2D eigenvalue weighted by Gasteiger charge is 2.20. The number of hydrogen-bond acceptors (Lipinski definition) is 6. The maximum absolute atomic E-state index is 13.0. The van der Waals surface area contributed by atoms with Gasteiger partial charge in [0, 0.05) is 6.61 Å². The molecule has 2 atom stereocenters. The predicted molar refractivity (Wildman–Crippen MR) is 241 cm³/mol. The maximum atomic E-state index is 13.0. The lowest BCUT2D eigenvalue weighted by molar-refractivity contribution is -0.149. The Morgan fingerprint density at radius 1 is 0.518 bits per heavy atom. The molecule has 0 saturated carbocycles. The van der Waals surface area contributed by atoms with Crippen molar-refractivity contribution in [1.82, 2.24) is 4.90 Å². The van der Waals surface area contributed by atoms with Crippen molar-refractivity contribution < 1.29 is 24.2 Å². The Balaban J connectivity index is 4.57. The average Bonchev–Trinajstić information content (AvgIpc) is 3.20. The summed E-state index contributed by atoms with van der Waals surface area (Å²) in [5.74, 6) is 0.122. The second-order valence-corrected chi connectivity index (χ2v) is 16.8. The third kappa shape index (κ3) is 36.7. The van der Waals surface area contributed by atoms with Gasteiger partial charge in [-0.05, 0) is 109 Å². The summed E-state index contributed by atoms with van der Waals surface area (Å²) < 4.78 is 11.5. The van der Waals surface area contributed by atoms with E-state index in [-0.39, 0.29) is 30.4 Å². The lowest BCUT2D eigenvalue weighted by Gasteiger charge is -2.22. The first-order valence-corrected chi connectivity index (χ1v) is 24.5. The molecule has 0 aromatic rings. The molecule has 0 fully saturated rings. The van der Waals surface area contributed by atoms with Gasteiger partial charge in [-0.2, -0.15) is 0 Å². The second kappa shape index (κ2) is 44.4. The van der Waals surface area contributed by atoms with Gasteiger partial charge in [0.05, 0.1) is 24.7 Å². The highest BCUT2D eigenvalue weighted by Crippen LogP contribution is 2.22. The zero-order valence-electron chi connectivity index (χ0n) is 37.7. The molecule has 0 aliphatic carbocycles. The molecule has 0 heterocycles. The summed E-state index contributed by atoms with van der Waals surface area (Å²) in [6, 6.07) is 0. The number of allylic oxidation sites excluding steroid dienone is 2. The zero-order valence-corrected chi connectivity index (χ0v) is 37.7. The van der Waals surface area contributed by atoms with Crippen molar-refractivity contribution in [3.63, 3.8) is 0 Å². The van der Waals surface area contributed by atoms with Gasteiger partial charge >= 0.3 is 11.9 Å². The van der Waals surface area contributed by atoms with Crippen LogP contribution in [0.25, 0.3) is 0 Å². The number of aliphatic hydroxyl groups is 1. The van der Waals surface area contributed by atoms with Crippen molar-refractivity contribution >= 4 is 11.9 Å². The van der Waals surface area contributed by atoms with E-state index in [0.717, 1.165) is 129 Å². The van der Waals surface area contributed by atoms with Gasteiger partial charge in [0.15, 0.2) is 0 Å². The minimum atomic E-state index is -0.0279. The molecule has 0 amide bonds. The van der Waals surface area contributed by atoms with Gasteiger partial charge in [-0.3, -0.25) is 9.59 Å². The molecule has 56 heavy (non-hydrogen) atoms. The number of ether oxygens (including phenoxy) is 2. The first-order chi connectivity index (χ1) is 27.5. The Labute approximate surface area is 348 Å². The Hall–Kier alpha value is -1.66. The van der Waals surface area contributed by atoms with E-state index in [4.69, 9.17) is 14.6 Å². The van der Waals surface area contributed by atoms with Crippen molar-refractivity contribution in [2.24, 2.45) is 11.8 Å². The lowest BCUT2D eigenvalue weighted by Crippen LogP contribution is -2.27. The summed E-state index contributed by atoms with van der Waals surface area (Å²) in [6.07, 6.45) is 44.4. The summed E-state index contributed by atoms with van der Waals surface area (Å²) in [7, 11) is 0. The van der Waals surface area contributed by atoms with Crippen LogP contribution in [-0.4, -0.2) is 54.8 Å². The summed E-state index contributed by atoms with van der Waals surface area (Å²) >= 11 is 0. The molecule has 2 unspecified atom stereocenters. The van der Waals surface area contributed by atoms with E-state index >= 15 is 0 Å². The van der Waals surface area contributed by atoms with Crippen LogP contribution in [0.5, 0.6) is 0 Å². The highest BCUT2D eigenvalue weighted by atomic mass is 16.5. The second-order valence-electron chi connectivity index (χ2n) is 16.8. The van der Waals surface area contributed by atoms with Crippen LogP contribution < -0.4 is 0 Å². The molecular formula is C50H95NO5. The summed E-state index contributed by atoms with van der Waals surface area (Å²) in [5.41, 5.74) is 0. The monoisotopic (exact) mass is 790 g/mol. The van der Waals surface area contributed by atoms with Crippen molar-refractivity contribution in [2.75, 3.05) is 32.8 Å². The molecule has 0 spiro atoms. The third-order valence-corrected chi connectivity index (χ3v) is 11.5. The SMILES string of the molecule is C=CCCCCCCC(CCCCCC)C(=O)OCCCCCCN(CCCC/C=C/OC(=O)C(CCCCCC)CCCCCCCC)CCCCCCO. The molecular weight excluding hydrogens is 695 g/mol. The van der Waals surface area contributed by atoms with Crippen LogP contribution in [0.15, 0.2) is 25.0 Å². The highest BCUT2D eigenvalue weighted by molar-refractivity contribution is 5.73. The Morgan fingerprint density at radius 3 is 1.46 bits per heavy atom. The average molecular weight is 790 g/mol. The third-order valence-electron chi connectivity index (χ3n) is 11.5. The zero-order chi connectivity index (χ0) is 41.0. The van der Waals surface area contributed by atoms with Crippen LogP contribution in [0.1, 0.15) is 239 Å². The molecule has 1 N–H and O–H groups in total. The number of hydrogen-bond donors (Lipinski definition) is 1. The number of carbonyl (C=O) groups is 2. The van der Waals surface area contributed by atoms with Gasteiger partial charge in [-0.25, -0.2) is 0 Å². The van der Waals surface area contributed by atoms with Crippen LogP contribution in [0.2, 0.25) is 0 Å². The molecule has 0 radical (unpaired) electrons. The summed E-state index contributed by atoms with van der Waals surface area (Å²) in [6.45, 7) is 14.7. The molecule has 0 rings (SSSR count). The number of carbonyl (C=O) groups excluding carboxylic acids is 2. The van der Waals surface area contributed by atoms with Crippen molar-refractivity contribution in [3.05, 3.63) is 25.0 Å². The van der Waals surface area contributed by atoms with E-state index in [1.165, 1.54) is 109 Å². The molecule has 0 aliphatic heterocycles. The normalized spacial score (nSPS) is 12.7. The minimum absolute atomic E-state index is 0.0279. The number of aliphatic hydroxyl groups excluding tert-OH is 1. The van der Waals surface area contributed by atoms with E-state index < -0.39 is 0 Å².